The van der Waals surface area contributed by atoms with Crippen LogP contribution in [0.4, 0.5) is 4.79 Å². The molecular formula is C19H25N3O6. The molecule has 0 atom stereocenters. The van der Waals surface area contributed by atoms with E-state index in [4.69, 9.17) is 9.47 Å². The zero-order valence-corrected chi connectivity index (χ0v) is 16.2. The number of hydrogen-bond acceptors (Lipinski definition) is 6. The number of amides is 4. The number of carbonyl (C=O) groups is 4. The highest BCUT2D eigenvalue weighted by atomic mass is 16.5. The number of para-hydroxylation sites is 1. The van der Waals surface area contributed by atoms with Crippen LogP contribution in [-0.4, -0.2) is 61.1 Å². The van der Waals surface area contributed by atoms with E-state index in [1.54, 1.807) is 21.0 Å². The lowest BCUT2D eigenvalue weighted by Crippen LogP contribution is -2.40. The van der Waals surface area contributed by atoms with E-state index < -0.39 is 36.0 Å². The Kier molecular flexibility index (Phi) is 6.97. The maximum Gasteiger partial charge on any atom is 0.325 e. The topological polar surface area (TPSA) is 114 Å². The lowest BCUT2D eigenvalue weighted by molar-refractivity contribution is -0.149. The van der Waals surface area contributed by atoms with Crippen LogP contribution in [0, 0.1) is 0 Å². The van der Waals surface area contributed by atoms with Crippen LogP contribution in [0.2, 0.25) is 0 Å². The smallest absolute Gasteiger partial charge is 0.325 e. The standard InChI is InChI=1S/C19H25N3O6/c1-19(2)17(25)22(18(26)21-19)11-9-16(24)28-12-15(23)20-10-8-13-6-4-5-7-14(13)27-3/h4-7H,8-12H2,1-3H3,(H,20,23)(H,21,26). The summed E-state index contributed by atoms with van der Waals surface area (Å²) in [5.74, 6) is -0.754. The maximum absolute atomic E-state index is 12.0. The van der Waals surface area contributed by atoms with Crippen LogP contribution < -0.4 is 15.4 Å². The summed E-state index contributed by atoms with van der Waals surface area (Å²) in [6.45, 7) is 3.02. The predicted molar refractivity (Wildman–Crippen MR) is 99.6 cm³/mol. The Morgan fingerprint density at radius 2 is 1.93 bits per heavy atom. The number of urea groups is 1. The first-order chi connectivity index (χ1) is 13.2. The van der Waals surface area contributed by atoms with Gasteiger partial charge in [-0.2, -0.15) is 0 Å². The quantitative estimate of drug-likeness (QED) is 0.471. The van der Waals surface area contributed by atoms with Crippen LogP contribution in [0.15, 0.2) is 24.3 Å². The molecule has 0 aromatic heterocycles. The van der Waals surface area contributed by atoms with Gasteiger partial charge in [-0.15, -0.1) is 0 Å². The van der Waals surface area contributed by atoms with Crippen molar-refractivity contribution in [1.82, 2.24) is 15.5 Å². The van der Waals surface area contributed by atoms with Crippen molar-refractivity contribution in [2.24, 2.45) is 0 Å². The molecule has 0 aliphatic carbocycles. The van der Waals surface area contributed by atoms with Gasteiger partial charge in [0.05, 0.1) is 13.5 Å². The molecule has 9 heteroatoms. The minimum absolute atomic E-state index is 0.0949. The van der Waals surface area contributed by atoms with Gasteiger partial charge in [-0.3, -0.25) is 19.3 Å². The van der Waals surface area contributed by atoms with Crippen LogP contribution in [0.3, 0.4) is 0 Å². The fraction of sp³-hybridized carbons (Fsp3) is 0.474. The molecule has 0 spiro atoms. The second kappa shape index (κ2) is 9.20. The van der Waals surface area contributed by atoms with E-state index >= 15 is 0 Å². The molecule has 0 radical (unpaired) electrons. The number of hydrogen-bond donors (Lipinski definition) is 2. The van der Waals surface area contributed by atoms with Crippen LogP contribution in [-0.2, 0) is 25.5 Å². The van der Waals surface area contributed by atoms with Gasteiger partial charge in [-0.25, -0.2) is 4.79 Å². The van der Waals surface area contributed by atoms with Gasteiger partial charge in [0.15, 0.2) is 6.61 Å². The summed E-state index contributed by atoms with van der Waals surface area (Å²) in [6, 6.07) is 6.94. The zero-order valence-electron chi connectivity index (χ0n) is 16.2. The van der Waals surface area contributed by atoms with E-state index in [9.17, 15) is 19.2 Å². The van der Waals surface area contributed by atoms with Crippen molar-refractivity contribution in [1.29, 1.82) is 0 Å². The molecule has 1 saturated heterocycles. The van der Waals surface area contributed by atoms with Crippen molar-refractivity contribution in [2.45, 2.75) is 32.2 Å². The monoisotopic (exact) mass is 391 g/mol. The Morgan fingerprint density at radius 1 is 1.21 bits per heavy atom. The largest absolute Gasteiger partial charge is 0.496 e. The molecule has 0 saturated carbocycles. The Labute approximate surface area is 163 Å². The Balaban J connectivity index is 1.66. The summed E-state index contributed by atoms with van der Waals surface area (Å²) in [6.07, 6.45) is 0.398. The van der Waals surface area contributed by atoms with E-state index in [0.717, 1.165) is 16.2 Å². The highest BCUT2D eigenvalue weighted by Gasteiger charge is 2.44. The van der Waals surface area contributed by atoms with E-state index in [1.165, 1.54) is 0 Å². The zero-order chi connectivity index (χ0) is 20.7. The molecule has 1 aliphatic heterocycles. The van der Waals surface area contributed by atoms with Crippen molar-refractivity contribution < 1.29 is 28.7 Å². The van der Waals surface area contributed by atoms with Gasteiger partial charge in [0.1, 0.15) is 11.3 Å². The number of methoxy groups -OCH3 is 1. The summed E-state index contributed by atoms with van der Waals surface area (Å²) in [5, 5.41) is 5.18. The van der Waals surface area contributed by atoms with Crippen molar-refractivity contribution in [3.8, 4) is 5.75 Å². The number of nitrogens with one attached hydrogen (secondary N) is 2. The average Bonchev–Trinajstić information content (AvgIpc) is 2.85. The third kappa shape index (κ3) is 5.45. The SMILES string of the molecule is COc1ccccc1CCNC(=O)COC(=O)CCN1C(=O)NC(C)(C)C1=O. The molecule has 1 aromatic carbocycles. The molecule has 4 amide bonds. The van der Waals surface area contributed by atoms with Crippen LogP contribution >= 0.6 is 0 Å². The fourth-order valence-electron chi connectivity index (χ4n) is 2.74. The molecule has 1 fully saturated rings. The lowest BCUT2D eigenvalue weighted by Gasteiger charge is -2.15. The molecule has 1 aromatic rings. The maximum atomic E-state index is 12.0. The Hall–Kier alpha value is -3.10. The second-order valence-corrected chi connectivity index (χ2v) is 6.83. The van der Waals surface area contributed by atoms with Crippen LogP contribution in [0.1, 0.15) is 25.8 Å². The molecule has 152 valence electrons. The van der Waals surface area contributed by atoms with Crippen LogP contribution in [0.25, 0.3) is 0 Å². The first-order valence-electron chi connectivity index (χ1n) is 8.93. The molecule has 1 aliphatic rings. The van der Waals surface area contributed by atoms with Gasteiger partial charge < -0.3 is 20.1 Å². The molecule has 9 nitrogen and oxygen atoms in total. The number of imide groups is 1. The van der Waals surface area contributed by atoms with E-state index in [-0.39, 0.29) is 13.0 Å². The highest BCUT2D eigenvalue weighted by molar-refractivity contribution is 6.06. The summed E-state index contributed by atoms with van der Waals surface area (Å²) in [4.78, 5) is 48.3. The number of esters is 1. The first kappa shape index (κ1) is 21.2. The molecule has 2 rings (SSSR count). The van der Waals surface area contributed by atoms with E-state index in [2.05, 4.69) is 10.6 Å². The van der Waals surface area contributed by atoms with Crippen molar-refractivity contribution in [3.05, 3.63) is 29.8 Å². The lowest BCUT2D eigenvalue weighted by atomic mass is 10.1. The minimum atomic E-state index is -0.984. The van der Waals surface area contributed by atoms with Gasteiger partial charge in [0.2, 0.25) is 0 Å². The van der Waals surface area contributed by atoms with Gasteiger partial charge in [-0.1, -0.05) is 18.2 Å². The third-order valence-corrected chi connectivity index (χ3v) is 4.26. The third-order valence-electron chi connectivity index (χ3n) is 4.26. The number of nitrogens with zero attached hydrogens (tertiary/aromatic N) is 1. The van der Waals surface area contributed by atoms with Crippen molar-refractivity contribution in [2.75, 3.05) is 26.8 Å². The number of carbonyl (C=O) groups excluding carboxylic acids is 4. The Bertz CT molecular complexity index is 762. The molecular weight excluding hydrogens is 366 g/mol. The Morgan fingerprint density at radius 3 is 2.57 bits per heavy atom. The van der Waals surface area contributed by atoms with E-state index in [1.807, 2.05) is 24.3 Å². The minimum Gasteiger partial charge on any atom is -0.496 e. The first-order valence-corrected chi connectivity index (χ1v) is 8.93. The summed E-state index contributed by atoms with van der Waals surface area (Å²) in [5.41, 5.74) is -0.0266. The summed E-state index contributed by atoms with van der Waals surface area (Å²) in [7, 11) is 1.58. The summed E-state index contributed by atoms with van der Waals surface area (Å²) < 4.78 is 10.1. The number of benzene rings is 1. The highest BCUT2D eigenvalue weighted by Crippen LogP contribution is 2.17. The predicted octanol–water partition coefficient (Wildman–Crippen LogP) is 0.618. The molecule has 2 N–H and O–H groups in total. The fourth-order valence-corrected chi connectivity index (χ4v) is 2.74. The normalized spacial score (nSPS) is 15.2. The van der Waals surface area contributed by atoms with Gasteiger partial charge in [-0.05, 0) is 31.9 Å². The van der Waals surface area contributed by atoms with Crippen molar-refractivity contribution in [3.63, 3.8) is 0 Å². The summed E-state index contributed by atoms with van der Waals surface area (Å²) >= 11 is 0. The average molecular weight is 391 g/mol. The van der Waals surface area contributed by atoms with Crippen molar-refractivity contribution >= 4 is 23.8 Å². The molecule has 0 unspecified atom stereocenters. The molecule has 1 heterocycles. The number of ether oxygens (including phenoxy) is 2. The van der Waals surface area contributed by atoms with Gasteiger partial charge in [0.25, 0.3) is 11.8 Å². The second-order valence-electron chi connectivity index (χ2n) is 6.83. The van der Waals surface area contributed by atoms with Crippen LogP contribution in [0.5, 0.6) is 5.75 Å². The molecule has 0 bridgehead atoms. The molecule has 28 heavy (non-hydrogen) atoms. The van der Waals surface area contributed by atoms with E-state index in [0.29, 0.717) is 13.0 Å². The number of rotatable bonds is 9. The van der Waals surface area contributed by atoms with Gasteiger partial charge >= 0.3 is 12.0 Å². The van der Waals surface area contributed by atoms with Gasteiger partial charge in [0, 0.05) is 13.1 Å².